The lowest BCUT2D eigenvalue weighted by atomic mass is 9.72. The smallest absolute Gasteiger partial charge is 0.183 e. The van der Waals surface area contributed by atoms with Gasteiger partial charge in [-0.15, -0.1) is 0 Å². The van der Waals surface area contributed by atoms with Crippen molar-refractivity contribution in [3.63, 3.8) is 0 Å². The first-order chi connectivity index (χ1) is 13.4. The third-order valence-electron chi connectivity index (χ3n) is 5.66. The minimum absolute atomic E-state index is 0.0872. The molecule has 2 aliphatic carbocycles. The van der Waals surface area contributed by atoms with Crippen LogP contribution in [0.15, 0.2) is 46.6 Å². The molecular weight excluding hydrogens is 388 g/mol. The van der Waals surface area contributed by atoms with Crippen LogP contribution >= 0.6 is 0 Å². The van der Waals surface area contributed by atoms with Crippen LogP contribution in [-0.4, -0.2) is 29.8 Å². The average molecular weight is 433 g/mol. The molecule has 0 aromatic carbocycles. The Morgan fingerprint density at radius 3 is 1.41 bits per heavy atom. The van der Waals surface area contributed by atoms with Gasteiger partial charge in [-0.3, -0.25) is 0 Å². The molecule has 0 aromatic heterocycles. The second-order valence-electron chi connectivity index (χ2n) is 10.9. The molecule has 0 saturated carbocycles. The van der Waals surface area contributed by atoms with E-state index in [1.807, 2.05) is 0 Å². The van der Waals surface area contributed by atoms with Crippen molar-refractivity contribution in [3.05, 3.63) is 46.6 Å². The van der Waals surface area contributed by atoms with Crippen LogP contribution in [-0.2, 0) is 8.85 Å². The van der Waals surface area contributed by atoms with Gasteiger partial charge in [-0.2, -0.15) is 0 Å². The summed E-state index contributed by atoms with van der Waals surface area (Å²) < 4.78 is 12.1. The predicted molar refractivity (Wildman–Crippen MR) is 132 cm³/mol. The number of allylic oxidation sites excluding steroid dienone is 8. The summed E-state index contributed by atoms with van der Waals surface area (Å²) in [6.45, 7) is 20.2. The first-order valence-electron chi connectivity index (χ1n) is 11.5. The SMILES string of the molecule is CC(C)(C1=CCC=C1CCCO[Si](C)(C)C)C1=CCC=C1CCCO[Si](C)(C)C. The molecule has 0 spiro atoms. The molecule has 2 nitrogen and oxygen atoms in total. The maximum absolute atomic E-state index is 6.07. The Balaban J connectivity index is 1.93. The van der Waals surface area contributed by atoms with Gasteiger partial charge in [0.2, 0.25) is 0 Å². The Morgan fingerprint density at radius 1 is 0.690 bits per heavy atom. The van der Waals surface area contributed by atoms with Gasteiger partial charge >= 0.3 is 0 Å². The van der Waals surface area contributed by atoms with Gasteiger partial charge in [-0.1, -0.05) is 38.2 Å². The van der Waals surface area contributed by atoms with Crippen molar-refractivity contribution >= 4 is 16.6 Å². The van der Waals surface area contributed by atoms with E-state index in [4.69, 9.17) is 8.85 Å². The van der Waals surface area contributed by atoms with Crippen molar-refractivity contribution in [1.82, 2.24) is 0 Å². The van der Waals surface area contributed by atoms with E-state index in [9.17, 15) is 0 Å². The maximum atomic E-state index is 6.07. The molecular formula is C25H44O2Si2. The summed E-state index contributed by atoms with van der Waals surface area (Å²) in [5, 5.41) is 0. The lowest BCUT2D eigenvalue weighted by molar-refractivity contribution is 0.304. The van der Waals surface area contributed by atoms with Crippen LogP contribution in [0.3, 0.4) is 0 Å². The lowest BCUT2D eigenvalue weighted by Crippen LogP contribution is -2.26. The monoisotopic (exact) mass is 432 g/mol. The van der Waals surface area contributed by atoms with Gasteiger partial charge in [0.15, 0.2) is 16.6 Å². The van der Waals surface area contributed by atoms with Crippen LogP contribution in [0.25, 0.3) is 0 Å². The third-order valence-corrected chi connectivity index (χ3v) is 7.80. The van der Waals surface area contributed by atoms with Gasteiger partial charge in [0.05, 0.1) is 0 Å². The summed E-state index contributed by atoms with van der Waals surface area (Å²) in [7, 11) is -2.81. The second-order valence-corrected chi connectivity index (χ2v) is 19.9. The van der Waals surface area contributed by atoms with Crippen molar-refractivity contribution in [2.45, 2.75) is 91.7 Å². The number of hydrogen-bond donors (Lipinski definition) is 0. The summed E-state index contributed by atoms with van der Waals surface area (Å²) in [4.78, 5) is 0. The standard InChI is InChI=1S/C25H44O2Si2/c1-25(2,23-17-9-13-21(23)15-11-19-26-28(3,4)5)24-18-10-14-22(24)16-12-20-27-29(6,7)8/h13-14,17-18H,9-12,15-16,19-20H2,1-8H3. The van der Waals surface area contributed by atoms with Gasteiger partial charge in [-0.25, -0.2) is 0 Å². The quantitative estimate of drug-likeness (QED) is 0.231. The molecule has 2 aliphatic rings. The highest BCUT2D eigenvalue weighted by molar-refractivity contribution is 6.70. The van der Waals surface area contributed by atoms with Crippen LogP contribution in [0, 0.1) is 5.41 Å². The van der Waals surface area contributed by atoms with E-state index in [1.165, 1.54) is 0 Å². The van der Waals surface area contributed by atoms with E-state index >= 15 is 0 Å². The van der Waals surface area contributed by atoms with Crippen molar-refractivity contribution in [1.29, 1.82) is 0 Å². The van der Waals surface area contributed by atoms with Crippen LogP contribution in [0.5, 0.6) is 0 Å². The Kier molecular flexibility index (Phi) is 8.55. The molecule has 0 heterocycles. The van der Waals surface area contributed by atoms with Crippen molar-refractivity contribution in [2.75, 3.05) is 13.2 Å². The fraction of sp³-hybridized carbons (Fsp3) is 0.680. The van der Waals surface area contributed by atoms with Crippen molar-refractivity contribution in [3.8, 4) is 0 Å². The first-order valence-corrected chi connectivity index (χ1v) is 18.3. The molecule has 0 N–H and O–H groups in total. The van der Waals surface area contributed by atoms with Gasteiger partial charge in [0.25, 0.3) is 0 Å². The zero-order chi connectivity index (χ0) is 21.7. The Morgan fingerprint density at radius 2 is 1.07 bits per heavy atom. The Hall–Kier alpha value is -0.686. The molecule has 0 unspecified atom stereocenters. The molecule has 0 bridgehead atoms. The highest BCUT2D eigenvalue weighted by Gasteiger charge is 2.33. The van der Waals surface area contributed by atoms with Crippen LogP contribution in [0.4, 0.5) is 0 Å². The van der Waals surface area contributed by atoms with Gasteiger partial charge in [0.1, 0.15) is 0 Å². The van der Waals surface area contributed by atoms with E-state index in [0.717, 1.165) is 51.7 Å². The maximum Gasteiger partial charge on any atom is 0.183 e. The van der Waals surface area contributed by atoms with Crippen molar-refractivity contribution in [2.24, 2.45) is 5.41 Å². The molecule has 0 radical (unpaired) electrons. The van der Waals surface area contributed by atoms with Crippen LogP contribution in [0.1, 0.15) is 52.4 Å². The summed E-state index contributed by atoms with van der Waals surface area (Å²) in [5.41, 5.74) is 6.27. The van der Waals surface area contributed by atoms with E-state index in [1.54, 1.807) is 22.3 Å². The Bertz CT molecular complexity index is 625. The average Bonchev–Trinajstić information content (AvgIpc) is 3.23. The molecule has 164 valence electrons. The predicted octanol–water partition coefficient (Wildman–Crippen LogP) is 7.79. The van der Waals surface area contributed by atoms with E-state index < -0.39 is 16.6 Å². The largest absolute Gasteiger partial charge is 0.418 e. The molecule has 0 fully saturated rings. The zero-order valence-electron chi connectivity index (χ0n) is 20.3. The van der Waals surface area contributed by atoms with E-state index in [2.05, 4.69) is 77.4 Å². The second kappa shape index (κ2) is 10.1. The molecule has 0 aliphatic heterocycles. The van der Waals surface area contributed by atoms with Crippen LogP contribution < -0.4 is 0 Å². The molecule has 0 atom stereocenters. The minimum Gasteiger partial charge on any atom is -0.418 e. The molecule has 0 aromatic rings. The molecule has 0 amide bonds. The molecule has 0 saturated heterocycles. The lowest BCUT2D eigenvalue weighted by Gasteiger charge is -2.32. The fourth-order valence-electron chi connectivity index (χ4n) is 4.33. The van der Waals surface area contributed by atoms with Gasteiger partial charge in [-0.05, 0) is 100 Å². The number of hydrogen-bond acceptors (Lipinski definition) is 2. The molecule has 29 heavy (non-hydrogen) atoms. The molecule has 4 heteroatoms. The topological polar surface area (TPSA) is 18.5 Å². The fourth-order valence-corrected chi connectivity index (χ4v) is 5.85. The van der Waals surface area contributed by atoms with E-state index in [0.29, 0.717) is 0 Å². The minimum atomic E-state index is -1.40. The molecule has 2 rings (SSSR count). The third kappa shape index (κ3) is 7.82. The Labute approximate surface area is 182 Å². The summed E-state index contributed by atoms with van der Waals surface area (Å²) in [5.74, 6) is 0. The van der Waals surface area contributed by atoms with Crippen LogP contribution in [0.2, 0.25) is 39.3 Å². The zero-order valence-corrected chi connectivity index (χ0v) is 22.3. The van der Waals surface area contributed by atoms with Gasteiger partial charge in [0, 0.05) is 18.6 Å². The van der Waals surface area contributed by atoms with E-state index in [-0.39, 0.29) is 5.41 Å². The first kappa shape index (κ1) is 24.6. The summed E-state index contributed by atoms with van der Waals surface area (Å²) in [6, 6.07) is 0. The highest BCUT2D eigenvalue weighted by atomic mass is 28.4. The normalized spacial score (nSPS) is 17.9. The summed E-state index contributed by atoms with van der Waals surface area (Å²) in [6.07, 6.45) is 16.5. The number of rotatable bonds is 12. The highest BCUT2D eigenvalue weighted by Crippen LogP contribution is 2.47. The summed E-state index contributed by atoms with van der Waals surface area (Å²) >= 11 is 0. The van der Waals surface area contributed by atoms with Gasteiger partial charge < -0.3 is 8.85 Å². The van der Waals surface area contributed by atoms with Crippen molar-refractivity contribution < 1.29 is 8.85 Å².